The Labute approximate surface area is 87.0 Å². The van der Waals surface area contributed by atoms with Crippen LogP contribution in [0.25, 0.3) is 10.8 Å². The highest BCUT2D eigenvalue weighted by Crippen LogP contribution is 2.30. The highest BCUT2D eigenvalue weighted by atomic mass is 32.2. The van der Waals surface area contributed by atoms with Crippen LogP contribution in [0.5, 0.6) is 5.75 Å². The standard InChI is InChI=1S/C11H11NOS/c1-2-14-11-9-6-4-3-5-8(9)10(13)7-12-11/h3-7,13H,2H2,1H3. The molecule has 14 heavy (non-hydrogen) atoms. The van der Waals surface area contributed by atoms with Crippen LogP contribution in [0, 0.1) is 0 Å². The van der Waals surface area contributed by atoms with Gasteiger partial charge in [-0.3, -0.25) is 0 Å². The lowest BCUT2D eigenvalue weighted by molar-refractivity contribution is 0.478. The minimum Gasteiger partial charge on any atom is -0.506 e. The van der Waals surface area contributed by atoms with E-state index in [2.05, 4.69) is 11.9 Å². The van der Waals surface area contributed by atoms with E-state index < -0.39 is 0 Å². The normalized spacial score (nSPS) is 10.6. The molecule has 0 saturated carbocycles. The number of rotatable bonds is 2. The molecule has 2 rings (SSSR count). The lowest BCUT2D eigenvalue weighted by Gasteiger charge is -2.04. The molecule has 2 nitrogen and oxygen atoms in total. The molecule has 72 valence electrons. The first-order valence-corrected chi connectivity index (χ1v) is 5.51. The first kappa shape index (κ1) is 9.34. The second-order valence-electron chi connectivity index (χ2n) is 2.93. The monoisotopic (exact) mass is 205 g/mol. The van der Waals surface area contributed by atoms with Gasteiger partial charge in [0.2, 0.25) is 0 Å². The summed E-state index contributed by atoms with van der Waals surface area (Å²) < 4.78 is 0. The Kier molecular flexibility index (Phi) is 2.59. The fourth-order valence-electron chi connectivity index (χ4n) is 1.40. The van der Waals surface area contributed by atoms with Gasteiger partial charge in [0.05, 0.1) is 6.20 Å². The number of aromatic hydroxyl groups is 1. The van der Waals surface area contributed by atoms with Crippen LogP contribution in [0.3, 0.4) is 0 Å². The van der Waals surface area contributed by atoms with Crippen molar-refractivity contribution < 1.29 is 5.11 Å². The molecular formula is C11H11NOS. The van der Waals surface area contributed by atoms with Crippen molar-refractivity contribution in [2.24, 2.45) is 0 Å². The van der Waals surface area contributed by atoms with Crippen LogP contribution in [-0.4, -0.2) is 15.8 Å². The number of hydrogen-bond donors (Lipinski definition) is 1. The van der Waals surface area contributed by atoms with E-state index in [0.29, 0.717) is 0 Å². The van der Waals surface area contributed by atoms with Crippen LogP contribution >= 0.6 is 11.8 Å². The first-order valence-electron chi connectivity index (χ1n) is 4.52. The second-order valence-corrected chi connectivity index (χ2v) is 4.18. The van der Waals surface area contributed by atoms with Crippen molar-refractivity contribution in [1.29, 1.82) is 0 Å². The zero-order chi connectivity index (χ0) is 9.97. The van der Waals surface area contributed by atoms with Crippen LogP contribution < -0.4 is 0 Å². The van der Waals surface area contributed by atoms with Crippen LogP contribution in [0.4, 0.5) is 0 Å². The molecule has 0 aliphatic rings. The summed E-state index contributed by atoms with van der Waals surface area (Å²) in [5.41, 5.74) is 0. The van der Waals surface area contributed by atoms with Crippen LogP contribution in [0.1, 0.15) is 6.92 Å². The summed E-state index contributed by atoms with van der Waals surface area (Å²) in [6.07, 6.45) is 1.51. The van der Waals surface area contributed by atoms with E-state index in [1.54, 1.807) is 11.8 Å². The summed E-state index contributed by atoms with van der Waals surface area (Å²) in [6, 6.07) is 7.78. The average Bonchev–Trinajstić information content (AvgIpc) is 2.23. The van der Waals surface area contributed by atoms with Gasteiger partial charge in [0.1, 0.15) is 10.8 Å². The van der Waals surface area contributed by atoms with Crippen molar-refractivity contribution in [2.45, 2.75) is 11.9 Å². The molecule has 0 spiro atoms. The Morgan fingerprint density at radius 3 is 2.71 bits per heavy atom. The zero-order valence-electron chi connectivity index (χ0n) is 7.90. The SMILES string of the molecule is CCSc1ncc(O)c2ccccc12. The fourth-order valence-corrected chi connectivity index (χ4v) is 2.14. The van der Waals surface area contributed by atoms with E-state index in [0.717, 1.165) is 21.6 Å². The van der Waals surface area contributed by atoms with E-state index in [1.807, 2.05) is 24.3 Å². The molecule has 0 aliphatic carbocycles. The molecule has 0 fully saturated rings. The third kappa shape index (κ3) is 1.55. The van der Waals surface area contributed by atoms with Gasteiger partial charge in [-0.2, -0.15) is 0 Å². The van der Waals surface area contributed by atoms with Gasteiger partial charge in [0.25, 0.3) is 0 Å². The van der Waals surface area contributed by atoms with Gasteiger partial charge in [-0.05, 0) is 5.75 Å². The lowest BCUT2D eigenvalue weighted by Crippen LogP contribution is -1.84. The fraction of sp³-hybridized carbons (Fsp3) is 0.182. The molecule has 1 aromatic carbocycles. The molecule has 1 aromatic heterocycles. The Bertz CT molecular complexity index is 456. The van der Waals surface area contributed by atoms with Crippen LogP contribution in [-0.2, 0) is 0 Å². The minimum absolute atomic E-state index is 0.251. The van der Waals surface area contributed by atoms with Crippen molar-refractivity contribution in [3.05, 3.63) is 30.5 Å². The number of fused-ring (bicyclic) bond motifs is 1. The van der Waals surface area contributed by atoms with E-state index in [1.165, 1.54) is 6.20 Å². The summed E-state index contributed by atoms with van der Waals surface area (Å²) in [5, 5.41) is 12.5. The molecule has 3 heteroatoms. The van der Waals surface area contributed by atoms with Gasteiger partial charge in [0.15, 0.2) is 0 Å². The number of aromatic nitrogens is 1. The first-order chi connectivity index (χ1) is 6.83. The maximum atomic E-state index is 9.59. The Balaban J connectivity index is 2.68. The molecule has 0 atom stereocenters. The highest BCUT2D eigenvalue weighted by Gasteiger charge is 2.05. The second kappa shape index (κ2) is 3.88. The number of benzene rings is 1. The minimum atomic E-state index is 0.251. The summed E-state index contributed by atoms with van der Waals surface area (Å²) >= 11 is 1.69. The molecule has 0 aliphatic heterocycles. The predicted octanol–water partition coefficient (Wildman–Crippen LogP) is 3.05. The van der Waals surface area contributed by atoms with Gasteiger partial charge in [-0.15, -0.1) is 11.8 Å². The molecule has 0 radical (unpaired) electrons. The number of thioether (sulfide) groups is 1. The van der Waals surface area contributed by atoms with Crippen molar-refractivity contribution >= 4 is 22.5 Å². The maximum Gasteiger partial charge on any atom is 0.141 e. The van der Waals surface area contributed by atoms with Gasteiger partial charge in [-0.25, -0.2) is 4.98 Å². The molecule has 0 saturated heterocycles. The van der Waals surface area contributed by atoms with E-state index >= 15 is 0 Å². The van der Waals surface area contributed by atoms with Gasteiger partial charge in [0, 0.05) is 10.8 Å². The smallest absolute Gasteiger partial charge is 0.141 e. The highest BCUT2D eigenvalue weighted by molar-refractivity contribution is 7.99. The van der Waals surface area contributed by atoms with Crippen molar-refractivity contribution in [1.82, 2.24) is 4.98 Å². The molecule has 0 bridgehead atoms. The van der Waals surface area contributed by atoms with Crippen LogP contribution in [0.15, 0.2) is 35.5 Å². The number of pyridine rings is 1. The van der Waals surface area contributed by atoms with E-state index in [-0.39, 0.29) is 5.75 Å². The maximum absolute atomic E-state index is 9.59. The predicted molar refractivity (Wildman–Crippen MR) is 59.8 cm³/mol. The molecule has 1 N–H and O–H groups in total. The van der Waals surface area contributed by atoms with Crippen molar-refractivity contribution in [3.63, 3.8) is 0 Å². The number of nitrogens with zero attached hydrogens (tertiary/aromatic N) is 1. The molecule has 0 unspecified atom stereocenters. The molecule has 0 amide bonds. The van der Waals surface area contributed by atoms with E-state index in [4.69, 9.17) is 0 Å². The molecule has 2 aromatic rings. The van der Waals surface area contributed by atoms with Gasteiger partial charge < -0.3 is 5.11 Å². The summed E-state index contributed by atoms with van der Waals surface area (Å²) in [6.45, 7) is 2.09. The molecule has 1 heterocycles. The third-order valence-corrected chi connectivity index (χ3v) is 2.91. The Morgan fingerprint density at radius 1 is 1.29 bits per heavy atom. The largest absolute Gasteiger partial charge is 0.506 e. The molecular weight excluding hydrogens is 194 g/mol. The third-order valence-electron chi connectivity index (χ3n) is 2.02. The van der Waals surface area contributed by atoms with E-state index in [9.17, 15) is 5.11 Å². The van der Waals surface area contributed by atoms with Crippen LogP contribution in [0.2, 0.25) is 0 Å². The summed E-state index contributed by atoms with van der Waals surface area (Å²) in [7, 11) is 0. The topological polar surface area (TPSA) is 33.1 Å². The van der Waals surface area contributed by atoms with Crippen molar-refractivity contribution in [3.8, 4) is 5.75 Å². The van der Waals surface area contributed by atoms with Crippen molar-refractivity contribution in [2.75, 3.05) is 5.75 Å². The Morgan fingerprint density at radius 2 is 2.00 bits per heavy atom. The quantitative estimate of drug-likeness (QED) is 0.765. The van der Waals surface area contributed by atoms with Gasteiger partial charge in [-0.1, -0.05) is 31.2 Å². The lowest BCUT2D eigenvalue weighted by atomic mass is 10.2. The summed E-state index contributed by atoms with van der Waals surface area (Å²) in [5.74, 6) is 1.24. The summed E-state index contributed by atoms with van der Waals surface area (Å²) in [4.78, 5) is 4.21. The zero-order valence-corrected chi connectivity index (χ0v) is 8.71. The Hall–Kier alpha value is -1.22. The van der Waals surface area contributed by atoms with Gasteiger partial charge >= 0.3 is 0 Å². The average molecular weight is 205 g/mol. The number of hydrogen-bond acceptors (Lipinski definition) is 3.